The van der Waals surface area contributed by atoms with Crippen LogP contribution >= 0.6 is 15.9 Å². The molecule has 1 aromatic rings. The van der Waals surface area contributed by atoms with Gasteiger partial charge in [-0.25, -0.2) is 0 Å². The van der Waals surface area contributed by atoms with E-state index in [2.05, 4.69) is 39.9 Å². The minimum absolute atomic E-state index is 0.417. The van der Waals surface area contributed by atoms with Crippen LogP contribution in [0.5, 0.6) is 0 Å². The highest BCUT2D eigenvalue weighted by Crippen LogP contribution is 2.31. The second-order valence-electron chi connectivity index (χ2n) is 5.27. The zero-order valence-corrected chi connectivity index (χ0v) is 12.8. The topological polar surface area (TPSA) is 23.5 Å². The van der Waals surface area contributed by atoms with Gasteiger partial charge in [0.05, 0.1) is 6.10 Å². The van der Waals surface area contributed by atoms with E-state index in [1.807, 2.05) is 6.07 Å². The van der Waals surface area contributed by atoms with E-state index in [1.54, 1.807) is 6.92 Å². The van der Waals surface area contributed by atoms with E-state index in [0.717, 1.165) is 22.5 Å². The molecule has 0 aliphatic carbocycles. The average molecular weight is 312 g/mol. The van der Waals surface area contributed by atoms with Crippen molar-refractivity contribution in [2.75, 3.05) is 18.0 Å². The highest BCUT2D eigenvalue weighted by molar-refractivity contribution is 9.10. The number of aliphatic hydroxyl groups is 1. The monoisotopic (exact) mass is 311 g/mol. The molecule has 1 aromatic carbocycles. The van der Waals surface area contributed by atoms with E-state index < -0.39 is 6.10 Å². The first-order valence-corrected chi connectivity index (χ1v) is 7.63. The lowest BCUT2D eigenvalue weighted by atomic mass is 10.0. The van der Waals surface area contributed by atoms with Crippen molar-refractivity contribution in [2.45, 2.75) is 39.2 Å². The summed E-state index contributed by atoms with van der Waals surface area (Å²) in [6.07, 6.45) is 3.51. The number of hydrogen-bond acceptors (Lipinski definition) is 2. The van der Waals surface area contributed by atoms with E-state index in [-0.39, 0.29) is 0 Å². The smallest absolute Gasteiger partial charge is 0.0772 e. The Balaban J connectivity index is 2.09. The van der Waals surface area contributed by atoms with Crippen LogP contribution in [0.2, 0.25) is 0 Å². The fraction of sp³-hybridized carbons (Fsp3) is 0.600. The molecule has 2 nitrogen and oxygen atoms in total. The van der Waals surface area contributed by atoms with Crippen LogP contribution in [0.25, 0.3) is 0 Å². The number of rotatable bonds is 4. The molecule has 2 atom stereocenters. The fourth-order valence-electron chi connectivity index (χ4n) is 2.76. The van der Waals surface area contributed by atoms with Crippen molar-refractivity contribution in [2.24, 2.45) is 5.92 Å². The molecule has 2 rings (SSSR count). The molecule has 0 saturated carbocycles. The summed E-state index contributed by atoms with van der Waals surface area (Å²) in [7, 11) is 0. The maximum absolute atomic E-state index is 9.63. The van der Waals surface area contributed by atoms with Crippen LogP contribution in [-0.4, -0.2) is 18.2 Å². The minimum Gasteiger partial charge on any atom is -0.389 e. The molecule has 1 aliphatic heterocycles. The van der Waals surface area contributed by atoms with Crippen molar-refractivity contribution in [3.63, 3.8) is 0 Å². The molecule has 0 aromatic heterocycles. The third kappa shape index (κ3) is 3.07. The maximum Gasteiger partial charge on any atom is 0.0772 e. The van der Waals surface area contributed by atoms with Gasteiger partial charge in [0.2, 0.25) is 0 Å². The quantitative estimate of drug-likeness (QED) is 0.903. The minimum atomic E-state index is -0.417. The highest BCUT2D eigenvalue weighted by Gasteiger charge is 2.22. The Kier molecular flexibility index (Phi) is 4.68. The van der Waals surface area contributed by atoms with Crippen molar-refractivity contribution in [3.8, 4) is 0 Å². The van der Waals surface area contributed by atoms with Crippen LogP contribution in [0.1, 0.15) is 44.8 Å². The van der Waals surface area contributed by atoms with Gasteiger partial charge in [-0.05, 0) is 43.4 Å². The Morgan fingerprint density at radius 2 is 2.28 bits per heavy atom. The van der Waals surface area contributed by atoms with Crippen LogP contribution in [0, 0.1) is 5.92 Å². The Labute approximate surface area is 118 Å². The number of anilines is 1. The molecular weight excluding hydrogens is 290 g/mol. The zero-order chi connectivity index (χ0) is 13.1. The Bertz CT molecular complexity index is 405. The molecule has 1 heterocycles. The van der Waals surface area contributed by atoms with Crippen LogP contribution in [0.3, 0.4) is 0 Å². The second-order valence-corrected chi connectivity index (χ2v) is 6.13. The largest absolute Gasteiger partial charge is 0.389 e. The van der Waals surface area contributed by atoms with Crippen molar-refractivity contribution >= 4 is 21.6 Å². The molecule has 1 aliphatic rings. The molecule has 0 amide bonds. The summed E-state index contributed by atoms with van der Waals surface area (Å²) in [6, 6.07) is 6.29. The summed E-state index contributed by atoms with van der Waals surface area (Å²) in [5.41, 5.74) is 2.23. The Morgan fingerprint density at radius 3 is 2.89 bits per heavy atom. The van der Waals surface area contributed by atoms with E-state index >= 15 is 0 Å². The van der Waals surface area contributed by atoms with E-state index in [1.165, 1.54) is 31.5 Å². The number of hydrogen-bond donors (Lipinski definition) is 1. The zero-order valence-electron chi connectivity index (χ0n) is 11.2. The lowest BCUT2D eigenvalue weighted by molar-refractivity contribution is 0.198. The van der Waals surface area contributed by atoms with Gasteiger partial charge in [0.15, 0.2) is 0 Å². The van der Waals surface area contributed by atoms with Gasteiger partial charge in [-0.15, -0.1) is 0 Å². The second kappa shape index (κ2) is 6.07. The maximum atomic E-state index is 9.63. The van der Waals surface area contributed by atoms with Crippen LogP contribution in [0.15, 0.2) is 22.7 Å². The van der Waals surface area contributed by atoms with Crippen molar-refractivity contribution in [1.29, 1.82) is 0 Å². The molecule has 0 spiro atoms. The van der Waals surface area contributed by atoms with Crippen LogP contribution in [-0.2, 0) is 0 Å². The van der Waals surface area contributed by atoms with Gasteiger partial charge in [0, 0.05) is 23.2 Å². The third-order valence-corrected chi connectivity index (χ3v) is 4.47. The van der Waals surface area contributed by atoms with Gasteiger partial charge in [0.25, 0.3) is 0 Å². The van der Waals surface area contributed by atoms with Gasteiger partial charge in [-0.2, -0.15) is 0 Å². The molecule has 1 N–H and O–H groups in total. The van der Waals surface area contributed by atoms with E-state index in [4.69, 9.17) is 0 Å². The van der Waals surface area contributed by atoms with Gasteiger partial charge in [0.1, 0.15) is 0 Å². The summed E-state index contributed by atoms with van der Waals surface area (Å²) in [5.74, 6) is 0.852. The number of halogens is 1. The molecule has 1 fully saturated rings. The normalized spacial score (nSPS) is 21.3. The predicted molar refractivity (Wildman–Crippen MR) is 80.0 cm³/mol. The summed E-state index contributed by atoms with van der Waals surface area (Å²) < 4.78 is 1.01. The number of benzene rings is 1. The standard InChI is InChI=1S/C15H22BrNO/c1-3-4-12-7-8-17(10-12)13-5-6-14(11(2)18)15(16)9-13/h5-6,9,11-12,18H,3-4,7-8,10H2,1-2H3/t11-,12?/m0/s1. The fourth-order valence-corrected chi connectivity index (χ4v) is 3.46. The lowest BCUT2D eigenvalue weighted by Gasteiger charge is -2.20. The van der Waals surface area contributed by atoms with Crippen molar-refractivity contribution in [1.82, 2.24) is 0 Å². The first-order valence-electron chi connectivity index (χ1n) is 6.84. The van der Waals surface area contributed by atoms with Crippen molar-refractivity contribution < 1.29 is 5.11 Å². The molecule has 18 heavy (non-hydrogen) atoms. The third-order valence-electron chi connectivity index (χ3n) is 3.78. The Hall–Kier alpha value is -0.540. The van der Waals surface area contributed by atoms with Crippen LogP contribution < -0.4 is 4.90 Å². The van der Waals surface area contributed by atoms with Gasteiger partial charge >= 0.3 is 0 Å². The average Bonchev–Trinajstić information content (AvgIpc) is 2.77. The number of nitrogens with zero attached hydrogens (tertiary/aromatic N) is 1. The molecular formula is C15H22BrNO. The molecule has 100 valence electrons. The summed E-state index contributed by atoms with van der Waals surface area (Å²) in [4.78, 5) is 2.46. The molecule has 1 saturated heterocycles. The van der Waals surface area contributed by atoms with Gasteiger partial charge in [-0.1, -0.05) is 35.3 Å². The lowest BCUT2D eigenvalue weighted by Crippen LogP contribution is -2.19. The van der Waals surface area contributed by atoms with Gasteiger partial charge < -0.3 is 10.0 Å². The van der Waals surface area contributed by atoms with Crippen LogP contribution in [0.4, 0.5) is 5.69 Å². The SMILES string of the molecule is CCCC1CCN(c2ccc([C@H](C)O)c(Br)c2)C1. The first-order chi connectivity index (χ1) is 8.61. The predicted octanol–water partition coefficient (Wildman–Crippen LogP) is 4.13. The van der Waals surface area contributed by atoms with Crippen molar-refractivity contribution in [3.05, 3.63) is 28.2 Å². The van der Waals surface area contributed by atoms with E-state index in [9.17, 15) is 5.11 Å². The molecule has 1 unspecified atom stereocenters. The molecule has 3 heteroatoms. The van der Waals surface area contributed by atoms with Gasteiger partial charge in [-0.3, -0.25) is 0 Å². The summed E-state index contributed by atoms with van der Waals surface area (Å²) >= 11 is 3.55. The molecule has 0 radical (unpaired) electrons. The molecule has 0 bridgehead atoms. The first kappa shape index (κ1) is 13.9. The summed E-state index contributed by atoms with van der Waals surface area (Å²) in [5, 5.41) is 9.63. The highest BCUT2D eigenvalue weighted by atomic mass is 79.9. The Morgan fingerprint density at radius 1 is 1.50 bits per heavy atom. The summed E-state index contributed by atoms with van der Waals surface area (Å²) in [6.45, 7) is 6.39. The number of aliphatic hydroxyl groups excluding tert-OH is 1. The van der Waals surface area contributed by atoms with E-state index in [0.29, 0.717) is 0 Å².